The van der Waals surface area contributed by atoms with Crippen LogP contribution in [0.4, 0.5) is 0 Å². The Balaban J connectivity index is 2.05. The highest BCUT2D eigenvalue weighted by Gasteiger charge is 2.23. The van der Waals surface area contributed by atoms with Crippen LogP contribution in [0.2, 0.25) is 0 Å². The average molecular weight is 235 g/mol. The van der Waals surface area contributed by atoms with Crippen molar-refractivity contribution in [1.82, 2.24) is 5.32 Å². The van der Waals surface area contributed by atoms with Gasteiger partial charge in [0.1, 0.15) is 5.75 Å². The molecule has 2 rings (SSSR count). The highest BCUT2D eigenvalue weighted by molar-refractivity contribution is 5.31. The fraction of sp³-hybridized carbons (Fsp3) is 0.571. The molecule has 1 aromatic carbocycles. The largest absolute Gasteiger partial charge is 0.490 e. The van der Waals surface area contributed by atoms with E-state index in [0.29, 0.717) is 12.7 Å². The maximum atomic E-state index is 5.80. The van der Waals surface area contributed by atoms with Gasteiger partial charge in [0, 0.05) is 7.11 Å². The summed E-state index contributed by atoms with van der Waals surface area (Å²) in [5.41, 5.74) is 1.23. The van der Waals surface area contributed by atoms with Gasteiger partial charge in [-0.25, -0.2) is 0 Å². The number of hydrogen-bond donors (Lipinski definition) is 1. The van der Waals surface area contributed by atoms with Crippen molar-refractivity contribution in [3.05, 3.63) is 29.8 Å². The van der Waals surface area contributed by atoms with Crippen molar-refractivity contribution in [2.75, 3.05) is 20.3 Å². The van der Waals surface area contributed by atoms with Crippen molar-refractivity contribution >= 4 is 0 Å². The lowest BCUT2D eigenvalue weighted by molar-refractivity contribution is 0.167. The second-order valence-electron chi connectivity index (χ2n) is 4.46. The van der Waals surface area contributed by atoms with Gasteiger partial charge in [0.2, 0.25) is 0 Å². The first kappa shape index (κ1) is 12.4. The predicted molar refractivity (Wildman–Crippen MR) is 68.4 cm³/mol. The highest BCUT2D eigenvalue weighted by Crippen LogP contribution is 2.28. The Hall–Kier alpha value is -1.06. The first-order valence-corrected chi connectivity index (χ1v) is 6.32. The van der Waals surface area contributed by atoms with Crippen LogP contribution in [0, 0.1) is 0 Å². The fourth-order valence-corrected chi connectivity index (χ4v) is 1.87. The number of benzene rings is 1. The van der Waals surface area contributed by atoms with Gasteiger partial charge in [-0.3, -0.25) is 0 Å². The van der Waals surface area contributed by atoms with Gasteiger partial charge in [-0.15, -0.1) is 0 Å². The highest BCUT2D eigenvalue weighted by atomic mass is 16.5. The molecule has 1 aliphatic rings. The zero-order chi connectivity index (χ0) is 12.1. The molecule has 0 amide bonds. The van der Waals surface area contributed by atoms with Gasteiger partial charge in [0.05, 0.1) is 18.8 Å². The zero-order valence-electron chi connectivity index (χ0n) is 10.6. The molecule has 1 N–H and O–H groups in total. The third-order valence-corrected chi connectivity index (χ3v) is 2.87. The van der Waals surface area contributed by atoms with E-state index in [1.54, 1.807) is 7.11 Å². The maximum absolute atomic E-state index is 5.80. The zero-order valence-corrected chi connectivity index (χ0v) is 10.6. The van der Waals surface area contributed by atoms with Gasteiger partial charge in [0.15, 0.2) is 0 Å². The Kier molecular flexibility index (Phi) is 4.40. The molecule has 17 heavy (non-hydrogen) atoms. The molecule has 0 saturated heterocycles. The molecule has 1 aliphatic carbocycles. The smallest absolute Gasteiger partial charge is 0.120 e. The number of ether oxygens (including phenoxy) is 2. The SMILES string of the molecule is CCNC(COC)c1cccc(OC2CC2)c1. The molecule has 1 unspecified atom stereocenters. The Labute approximate surface area is 103 Å². The molecule has 1 saturated carbocycles. The third-order valence-electron chi connectivity index (χ3n) is 2.87. The summed E-state index contributed by atoms with van der Waals surface area (Å²) in [7, 11) is 1.73. The first-order valence-electron chi connectivity index (χ1n) is 6.32. The van der Waals surface area contributed by atoms with Gasteiger partial charge < -0.3 is 14.8 Å². The van der Waals surface area contributed by atoms with Gasteiger partial charge in [-0.2, -0.15) is 0 Å². The van der Waals surface area contributed by atoms with Crippen molar-refractivity contribution in [2.45, 2.75) is 31.9 Å². The lowest BCUT2D eigenvalue weighted by atomic mass is 10.1. The van der Waals surface area contributed by atoms with E-state index in [0.717, 1.165) is 12.3 Å². The molecule has 1 atom stereocenters. The standard InChI is InChI=1S/C14H21NO2/c1-3-15-14(10-16-2)11-5-4-6-13(9-11)17-12-7-8-12/h4-6,9,12,14-15H,3,7-8,10H2,1-2H3. The number of hydrogen-bond acceptors (Lipinski definition) is 3. The van der Waals surface area contributed by atoms with Gasteiger partial charge in [-0.1, -0.05) is 19.1 Å². The van der Waals surface area contributed by atoms with E-state index < -0.39 is 0 Å². The summed E-state index contributed by atoms with van der Waals surface area (Å²) in [6.45, 7) is 3.72. The van der Waals surface area contributed by atoms with E-state index in [9.17, 15) is 0 Å². The minimum atomic E-state index is 0.243. The fourth-order valence-electron chi connectivity index (χ4n) is 1.87. The normalized spacial score (nSPS) is 16.8. The number of methoxy groups -OCH3 is 1. The van der Waals surface area contributed by atoms with Crippen molar-refractivity contribution in [1.29, 1.82) is 0 Å². The van der Waals surface area contributed by atoms with Gasteiger partial charge >= 0.3 is 0 Å². The van der Waals surface area contributed by atoms with Crippen molar-refractivity contribution in [2.24, 2.45) is 0 Å². The summed E-state index contributed by atoms with van der Waals surface area (Å²) in [5, 5.41) is 3.42. The van der Waals surface area contributed by atoms with Crippen LogP contribution in [-0.4, -0.2) is 26.4 Å². The van der Waals surface area contributed by atoms with E-state index >= 15 is 0 Å². The molecule has 0 heterocycles. The topological polar surface area (TPSA) is 30.5 Å². The molecule has 94 valence electrons. The van der Waals surface area contributed by atoms with Crippen LogP contribution >= 0.6 is 0 Å². The van der Waals surface area contributed by atoms with E-state index in [4.69, 9.17) is 9.47 Å². The number of nitrogens with one attached hydrogen (secondary N) is 1. The molecule has 3 heteroatoms. The van der Waals surface area contributed by atoms with Crippen LogP contribution in [0.5, 0.6) is 5.75 Å². The van der Waals surface area contributed by atoms with Crippen LogP contribution in [0.15, 0.2) is 24.3 Å². The Morgan fingerprint density at radius 1 is 1.41 bits per heavy atom. The Morgan fingerprint density at radius 2 is 2.24 bits per heavy atom. The number of rotatable bonds is 7. The predicted octanol–water partition coefficient (Wildman–Crippen LogP) is 2.52. The third kappa shape index (κ3) is 3.72. The van der Waals surface area contributed by atoms with E-state index in [1.807, 2.05) is 12.1 Å². The monoisotopic (exact) mass is 235 g/mol. The molecular weight excluding hydrogens is 214 g/mol. The minimum Gasteiger partial charge on any atom is -0.490 e. The summed E-state index contributed by atoms with van der Waals surface area (Å²) in [6.07, 6.45) is 2.84. The quantitative estimate of drug-likeness (QED) is 0.787. The molecule has 1 fully saturated rings. The molecule has 0 spiro atoms. The van der Waals surface area contributed by atoms with Crippen LogP contribution in [0.3, 0.4) is 0 Å². The molecule has 0 aliphatic heterocycles. The Bertz CT molecular complexity index is 344. The molecule has 3 nitrogen and oxygen atoms in total. The van der Waals surface area contributed by atoms with Crippen LogP contribution in [-0.2, 0) is 4.74 Å². The lowest BCUT2D eigenvalue weighted by Gasteiger charge is -2.18. The number of likely N-dealkylation sites (N-methyl/N-ethyl adjacent to an activating group) is 1. The summed E-state index contributed by atoms with van der Waals surface area (Å²) < 4.78 is 11.0. The van der Waals surface area contributed by atoms with Crippen molar-refractivity contribution < 1.29 is 9.47 Å². The maximum Gasteiger partial charge on any atom is 0.120 e. The van der Waals surface area contributed by atoms with E-state index in [-0.39, 0.29) is 6.04 Å². The van der Waals surface area contributed by atoms with Crippen LogP contribution in [0.1, 0.15) is 31.4 Å². The Morgan fingerprint density at radius 3 is 2.88 bits per heavy atom. The van der Waals surface area contributed by atoms with Gasteiger partial charge in [-0.05, 0) is 37.1 Å². The summed E-state index contributed by atoms with van der Waals surface area (Å²) in [4.78, 5) is 0. The molecule has 0 bridgehead atoms. The molecule has 1 aromatic rings. The van der Waals surface area contributed by atoms with Crippen molar-refractivity contribution in [3.8, 4) is 5.75 Å². The summed E-state index contributed by atoms with van der Waals surface area (Å²) in [6, 6.07) is 8.55. The second-order valence-corrected chi connectivity index (χ2v) is 4.46. The molecular formula is C14H21NO2. The van der Waals surface area contributed by atoms with Crippen molar-refractivity contribution in [3.63, 3.8) is 0 Å². The van der Waals surface area contributed by atoms with Crippen LogP contribution in [0.25, 0.3) is 0 Å². The van der Waals surface area contributed by atoms with Crippen LogP contribution < -0.4 is 10.1 Å². The van der Waals surface area contributed by atoms with E-state index in [2.05, 4.69) is 24.4 Å². The molecule has 0 radical (unpaired) electrons. The minimum absolute atomic E-state index is 0.243. The lowest BCUT2D eigenvalue weighted by Crippen LogP contribution is -2.24. The summed E-state index contributed by atoms with van der Waals surface area (Å²) in [5.74, 6) is 0.976. The van der Waals surface area contributed by atoms with Gasteiger partial charge in [0.25, 0.3) is 0 Å². The molecule has 0 aromatic heterocycles. The summed E-state index contributed by atoms with van der Waals surface area (Å²) >= 11 is 0. The average Bonchev–Trinajstić information content (AvgIpc) is 3.13. The first-order chi connectivity index (χ1) is 8.33. The van der Waals surface area contributed by atoms with E-state index in [1.165, 1.54) is 18.4 Å². The second kappa shape index (κ2) is 6.03.